The number of fused-ring (bicyclic) bond motifs is 10. The second kappa shape index (κ2) is 9.65. The summed E-state index contributed by atoms with van der Waals surface area (Å²) < 4.78 is 8.59. The Morgan fingerprint density at radius 2 is 0.978 bits per heavy atom. The number of oxazole rings is 1. The molecule has 0 fully saturated rings. The molecule has 0 radical (unpaired) electrons. The normalized spacial score (nSPS) is 11.9. The topological polar surface area (TPSA) is 31.0 Å². The van der Waals surface area contributed by atoms with Gasteiger partial charge in [-0.1, -0.05) is 109 Å². The SMILES string of the molecule is c1ccc(-c2nc3cc4c(cc3o2)c2ccccc2n4-c2ccc(-c3ccc4c5ccccc5c5ccccc5c4c3)cc2)cc1. The number of hydrogen-bond donors (Lipinski definition) is 0. The molecule has 10 rings (SSSR count). The second-order valence-electron chi connectivity index (χ2n) is 12.0. The summed E-state index contributed by atoms with van der Waals surface area (Å²) in [5.41, 5.74) is 8.39. The molecule has 0 aliphatic rings. The summed E-state index contributed by atoms with van der Waals surface area (Å²) in [5, 5.41) is 10.1. The van der Waals surface area contributed by atoms with E-state index in [0.717, 1.165) is 38.8 Å². The predicted octanol–water partition coefficient (Wildman–Crippen LogP) is 11.7. The van der Waals surface area contributed by atoms with Crippen LogP contribution >= 0.6 is 0 Å². The minimum atomic E-state index is 0.639. The van der Waals surface area contributed by atoms with Crippen LogP contribution in [-0.4, -0.2) is 9.55 Å². The minimum Gasteiger partial charge on any atom is -0.436 e. The Hall–Kier alpha value is -6.19. The lowest BCUT2D eigenvalue weighted by Gasteiger charge is -2.13. The highest BCUT2D eigenvalue weighted by Gasteiger charge is 2.17. The molecule has 0 bridgehead atoms. The van der Waals surface area contributed by atoms with Crippen LogP contribution < -0.4 is 0 Å². The van der Waals surface area contributed by atoms with Crippen LogP contribution in [0.5, 0.6) is 0 Å². The summed E-state index contributed by atoms with van der Waals surface area (Å²) in [5.74, 6) is 0.639. The Bertz CT molecular complexity index is 2750. The minimum absolute atomic E-state index is 0.639. The Kier molecular flexibility index (Phi) is 5.28. The monoisotopic (exact) mass is 586 g/mol. The van der Waals surface area contributed by atoms with Crippen LogP contribution in [0.3, 0.4) is 0 Å². The first-order valence-corrected chi connectivity index (χ1v) is 15.6. The molecule has 0 saturated heterocycles. The number of nitrogens with zero attached hydrogens (tertiary/aromatic N) is 2. The maximum absolute atomic E-state index is 6.25. The van der Waals surface area contributed by atoms with Gasteiger partial charge >= 0.3 is 0 Å². The molecule has 46 heavy (non-hydrogen) atoms. The van der Waals surface area contributed by atoms with Crippen LogP contribution in [0.4, 0.5) is 0 Å². The van der Waals surface area contributed by atoms with E-state index in [9.17, 15) is 0 Å². The van der Waals surface area contributed by atoms with E-state index in [2.05, 4.69) is 132 Å². The first kappa shape index (κ1) is 25.2. The van der Waals surface area contributed by atoms with E-state index < -0.39 is 0 Å². The molecule has 2 aromatic heterocycles. The Balaban J connectivity index is 1.12. The zero-order chi connectivity index (χ0) is 30.2. The van der Waals surface area contributed by atoms with Crippen molar-refractivity contribution in [2.75, 3.05) is 0 Å². The fourth-order valence-electron chi connectivity index (χ4n) is 7.26. The number of benzene rings is 8. The maximum atomic E-state index is 6.25. The van der Waals surface area contributed by atoms with Gasteiger partial charge in [-0.15, -0.1) is 0 Å². The predicted molar refractivity (Wildman–Crippen MR) is 192 cm³/mol. The first-order chi connectivity index (χ1) is 22.8. The molecule has 2 heterocycles. The van der Waals surface area contributed by atoms with E-state index in [-0.39, 0.29) is 0 Å². The molecule has 0 unspecified atom stereocenters. The average Bonchev–Trinajstić information content (AvgIpc) is 3.69. The summed E-state index contributed by atoms with van der Waals surface area (Å²) >= 11 is 0. The van der Waals surface area contributed by atoms with E-state index in [0.29, 0.717) is 5.89 Å². The highest BCUT2D eigenvalue weighted by molar-refractivity contribution is 6.25. The number of para-hydroxylation sites is 1. The molecular formula is C43H26N2O. The highest BCUT2D eigenvalue weighted by atomic mass is 16.3. The van der Waals surface area contributed by atoms with Crippen LogP contribution in [-0.2, 0) is 0 Å². The van der Waals surface area contributed by atoms with Gasteiger partial charge in [-0.25, -0.2) is 4.98 Å². The Morgan fingerprint density at radius 1 is 0.391 bits per heavy atom. The van der Waals surface area contributed by atoms with E-state index in [1.807, 2.05) is 30.3 Å². The number of hydrogen-bond acceptors (Lipinski definition) is 2. The summed E-state index contributed by atoms with van der Waals surface area (Å²) in [6.45, 7) is 0. The van der Waals surface area contributed by atoms with Crippen LogP contribution in [0, 0.1) is 0 Å². The molecule has 8 aromatic carbocycles. The zero-order valence-electron chi connectivity index (χ0n) is 24.8. The van der Waals surface area contributed by atoms with Crippen molar-refractivity contribution < 1.29 is 4.42 Å². The molecular weight excluding hydrogens is 560 g/mol. The molecule has 0 spiro atoms. The summed E-state index contributed by atoms with van der Waals surface area (Å²) in [6.07, 6.45) is 0. The van der Waals surface area contributed by atoms with Crippen LogP contribution in [0.1, 0.15) is 0 Å². The maximum Gasteiger partial charge on any atom is 0.227 e. The first-order valence-electron chi connectivity index (χ1n) is 15.6. The van der Waals surface area contributed by atoms with Crippen molar-refractivity contribution in [3.05, 3.63) is 158 Å². The number of aromatic nitrogens is 2. The van der Waals surface area contributed by atoms with Gasteiger partial charge < -0.3 is 8.98 Å². The van der Waals surface area contributed by atoms with Gasteiger partial charge in [0.15, 0.2) is 5.58 Å². The number of rotatable bonds is 3. The fraction of sp³-hybridized carbons (Fsp3) is 0. The zero-order valence-corrected chi connectivity index (χ0v) is 24.8. The van der Waals surface area contributed by atoms with Crippen molar-refractivity contribution in [3.63, 3.8) is 0 Å². The Morgan fingerprint density at radius 3 is 1.70 bits per heavy atom. The third-order valence-electron chi connectivity index (χ3n) is 9.41. The third-order valence-corrected chi connectivity index (χ3v) is 9.41. The second-order valence-corrected chi connectivity index (χ2v) is 12.0. The van der Waals surface area contributed by atoms with Crippen molar-refractivity contribution in [1.82, 2.24) is 9.55 Å². The quantitative estimate of drug-likeness (QED) is 0.193. The van der Waals surface area contributed by atoms with Crippen molar-refractivity contribution in [2.45, 2.75) is 0 Å². The Labute approximate surface area is 264 Å². The molecule has 0 amide bonds. The van der Waals surface area contributed by atoms with E-state index >= 15 is 0 Å². The van der Waals surface area contributed by atoms with Gasteiger partial charge in [0.2, 0.25) is 5.89 Å². The molecule has 10 aromatic rings. The summed E-state index contributed by atoms with van der Waals surface area (Å²) in [7, 11) is 0. The lowest BCUT2D eigenvalue weighted by atomic mass is 9.92. The molecule has 0 saturated carbocycles. The van der Waals surface area contributed by atoms with Crippen molar-refractivity contribution >= 4 is 65.2 Å². The van der Waals surface area contributed by atoms with E-state index in [1.165, 1.54) is 48.8 Å². The van der Waals surface area contributed by atoms with Crippen molar-refractivity contribution in [2.24, 2.45) is 0 Å². The van der Waals surface area contributed by atoms with E-state index in [4.69, 9.17) is 9.40 Å². The van der Waals surface area contributed by atoms with Gasteiger partial charge in [-0.3, -0.25) is 0 Å². The lowest BCUT2D eigenvalue weighted by molar-refractivity contribution is 0.620. The van der Waals surface area contributed by atoms with Gasteiger partial charge in [-0.05, 0) is 92.0 Å². The van der Waals surface area contributed by atoms with Crippen LogP contribution in [0.15, 0.2) is 162 Å². The van der Waals surface area contributed by atoms with Crippen LogP contribution in [0.2, 0.25) is 0 Å². The molecule has 214 valence electrons. The highest BCUT2D eigenvalue weighted by Crippen LogP contribution is 2.39. The largest absolute Gasteiger partial charge is 0.436 e. The lowest BCUT2D eigenvalue weighted by Crippen LogP contribution is -1.93. The molecule has 3 nitrogen and oxygen atoms in total. The smallest absolute Gasteiger partial charge is 0.227 e. The summed E-state index contributed by atoms with van der Waals surface area (Å²) in [4.78, 5) is 4.88. The molecule has 0 atom stereocenters. The van der Waals surface area contributed by atoms with Crippen LogP contribution in [0.25, 0.3) is 93.5 Å². The van der Waals surface area contributed by atoms with E-state index in [1.54, 1.807) is 0 Å². The van der Waals surface area contributed by atoms with Gasteiger partial charge in [0, 0.05) is 22.0 Å². The standard InChI is InChI=1S/C43H26N2O/c1-2-10-28(11-3-1)43-44-39-26-41-38(25-42(39)46-43)36-16-8-9-17-40(36)45(41)30-21-18-27(19-22-30)29-20-23-35-33-14-5-4-12-31(33)32-13-6-7-15-34(32)37(35)24-29/h1-26H. The average molecular weight is 587 g/mol. The van der Waals surface area contributed by atoms with Gasteiger partial charge in [0.05, 0.1) is 11.0 Å². The van der Waals surface area contributed by atoms with Gasteiger partial charge in [0.25, 0.3) is 0 Å². The third kappa shape index (κ3) is 3.69. The van der Waals surface area contributed by atoms with Gasteiger partial charge in [0.1, 0.15) is 5.52 Å². The van der Waals surface area contributed by atoms with Crippen molar-refractivity contribution in [3.8, 4) is 28.3 Å². The molecule has 3 heteroatoms. The van der Waals surface area contributed by atoms with Crippen molar-refractivity contribution in [1.29, 1.82) is 0 Å². The molecule has 0 aliphatic heterocycles. The fourth-order valence-corrected chi connectivity index (χ4v) is 7.26. The molecule has 0 aliphatic carbocycles. The summed E-state index contributed by atoms with van der Waals surface area (Å²) in [6, 6.07) is 56.3. The van der Waals surface area contributed by atoms with Gasteiger partial charge in [-0.2, -0.15) is 0 Å². The molecule has 0 N–H and O–H groups in total.